The molecule has 0 spiro atoms. The van der Waals surface area contributed by atoms with Gasteiger partial charge in [0.1, 0.15) is 0 Å². The summed E-state index contributed by atoms with van der Waals surface area (Å²) in [6.07, 6.45) is -0.991. The van der Waals surface area contributed by atoms with Gasteiger partial charge in [-0.15, -0.1) is 0 Å². The summed E-state index contributed by atoms with van der Waals surface area (Å²) in [5, 5.41) is 0. The molecule has 4 heteroatoms. The maximum Gasteiger partial charge on any atom is 0.313 e. The molecule has 0 unspecified atom stereocenters. The van der Waals surface area contributed by atoms with Crippen LogP contribution in [0.5, 0.6) is 0 Å². The van der Waals surface area contributed by atoms with Gasteiger partial charge in [-0.05, 0) is 19.8 Å². The summed E-state index contributed by atoms with van der Waals surface area (Å²) in [6.45, 7) is 7.03. The molecule has 2 nitrogen and oxygen atoms in total. The first-order valence-electron chi connectivity index (χ1n) is 5.28. The minimum atomic E-state index is -2.69. The van der Waals surface area contributed by atoms with E-state index in [9.17, 15) is 13.6 Å². The van der Waals surface area contributed by atoms with E-state index in [1.807, 2.05) is 0 Å². The van der Waals surface area contributed by atoms with Gasteiger partial charge in [-0.25, -0.2) is 8.78 Å². The van der Waals surface area contributed by atoms with Crippen LogP contribution in [0, 0.1) is 11.3 Å². The molecule has 1 saturated carbocycles. The van der Waals surface area contributed by atoms with E-state index < -0.39 is 17.3 Å². The van der Waals surface area contributed by atoms with Crippen LogP contribution in [0.3, 0.4) is 0 Å². The molecule has 0 bridgehead atoms. The molecular weight excluding hydrogens is 202 g/mol. The zero-order valence-corrected chi connectivity index (χ0v) is 9.64. The Morgan fingerprint density at radius 3 is 1.93 bits per heavy atom. The molecule has 0 aromatic rings. The lowest BCUT2D eigenvalue weighted by Crippen LogP contribution is -2.55. The largest absolute Gasteiger partial charge is 0.463 e. The smallest absolute Gasteiger partial charge is 0.313 e. The van der Waals surface area contributed by atoms with Gasteiger partial charge in [0.2, 0.25) is 5.92 Å². The molecule has 0 saturated heterocycles. The molecule has 0 radical (unpaired) electrons. The molecule has 0 aromatic carbocycles. The Hall–Kier alpha value is -0.670. The molecule has 15 heavy (non-hydrogen) atoms. The van der Waals surface area contributed by atoms with Gasteiger partial charge in [-0.3, -0.25) is 4.79 Å². The van der Waals surface area contributed by atoms with Gasteiger partial charge in [0.15, 0.2) is 0 Å². The first kappa shape index (κ1) is 12.4. The number of hydrogen-bond acceptors (Lipinski definition) is 2. The monoisotopic (exact) mass is 220 g/mol. The third-order valence-corrected chi connectivity index (χ3v) is 3.00. The summed E-state index contributed by atoms with van der Waals surface area (Å²) >= 11 is 0. The third kappa shape index (κ3) is 2.29. The van der Waals surface area contributed by atoms with Crippen LogP contribution in [-0.2, 0) is 9.53 Å². The molecule has 1 rings (SSSR count). The normalized spacial score (nSPS) is 22.7. The van der Waals surface area contributed by atoms with Gasteiger partial charge in [0, 0.05) is 12.8 Å². The number of rotatable bonds is 3. The van der Waals surface area contributed by atoms with Crippen LogP contribution < -0.4 is 0 Å². The van der Waals surface area contributed by atoms with E-state index in [1.165, 1.54) is 0 Å². The van der Waals surface area contributed by atoms with Gasteiger partial charge in [-0.2, -0.15) is 0 Å². The quantitative estimate of drug-likeness (QED) is 0.683. The average molecular weight is 220 g/mol. The first-order chi connectivity index (χ1) is 6.69. The summed E-state index contributed by atoms with van der Waals surface area (Å²) in [6, 6.07) is 0. The van der Waals surface area contributed by atoms with Crippen molar-refractivity contribution in [1.29, 1.82) is 0 Å². The van der Waals surface area contributed by atoms with Gasteiger partial charge in [-0.1, -0.05) is 13.8 Å². The van der Waals surface area contributed by atoms with E-state index >= 15 is 0 Å². The second kappa shape index (κ2) is 3.72. The maximum atomic E-state index is 12.9. The molecule has 1 fully saturated rings. The van der Waals surface area contributed by atoms with E-state index in [4.69, 9.17) is 4.74 Å². The van der Waals surface area contributed by atoms with Crippen LogP contribution in [0.4, 0.5) is 8.78 Å². The summed E-state index contributed by atoms with van der Waals surface area (Å²) in [5.41, 5.74) is -0.965. The third-order valence-electron chi connectivity index (χ3n) is 3.00. The van der Waals surface area contributed by atoms with Crippen molar-refractivity contribution in [3.8, 4) is 0 Å². The van der Waals surface area contributed by atoms with Crippen LogP contribution in [0.15, 0.2) is 0 Å². The fourth-order valence-electron chi connectivity index (χ4n) is 1.99. The Kier molecular flexibility index (Phi) is 3.08. The number of alkyl halides is 2. The number of halogens is 2. The summed E-state index contributed by atoms with van der Waals surface area (Å²) in [7, 11) is 0. The number of esters is 1. The molecule has 0 atom stereocenters. The lowest BCUT2D eigenvalue weighted by atomic mass is 9.60. The van der Waals surface area contributed by atoms with Crippen molar-refractivity contribution in [2.45, 2.75) is 52.6 Å². The lowest BCUT2D eigenvalue weighted by Gasteiger charge is -2.48. The van der Waals surface area contributed by atoms with E-state index in [1.54, 1.807) is 27.7 Å². The van der Waals surface area contributed by atoms with Crippen LogP contribution in [0.25, 0.3) is 0 Å². The molecule has 0 aromatic heterocycles. The van der Waals surface area contributed by atoms with Crippen molar-refractivity contribution in [2.24, 2.45) is 11.3 Å². The van der Waals surface area contributed by atoms with Crippen molar-refractivity contribution in [3.63, 3.8) is 0 Å². The second-order valence-corrected chi connectivity index (χ2v) is 4.97. The minimum absolute atomic E-state index is 0.108. The first-order valence-corrected chi connectivity index (χ1v) is 5.28. The fraction of sp³-hybridized carbons (Fsp3) is 0.909. The summed E-state index contributed by atoms with van der Waals surface area (Å²) < 4.78 is 30.8. The molecule has 0 aliphatic heterocycles. The Bertz CT molecular complexity index is 251. The Morgan fingerprint density at radius 1 is 1.20 bits per heavy atom. The molecule has 0 heterocycles. The summed E-state index contributed by atoms with van der Waals surface area (Å²) in [5.74, 6) is -3.28. The zero-order valence-electron chi connectivity index (χ0n) is 9.64. The van der Waals surface area contributed by atoms with Crippen LogP contribution in [0.1, 0.15) is 40.5 Å². The predicted octanol–water partition coefficient (Wildman–Crippen LogP) is 3.01. The van der Waals surface area contributed by atoms with E-state index in [2.05, 4.69) is 0 Å². The Morgan fingerprint density at radius 2 is 1.67 bits per heavy atom. The molecular formula is C11H18F2O2. The fourth-order valence-corrected chi connectivity index (χ4v) is 1.99. The highest BCUT2D eigenvalue weighted by molar-refractivity contribution is 5.79. The zero-order chi connectivity index (χ0) is 11.9. The molecule has 0 N–H and O–H groups in total. The predicted molar refractivity (Wildman–Crippen MR) is 52.7 cm³/mol. The number of hydrogen-bond donors (Lipinski definition) is 0. The standard InChI is InChI=1S/C11H18F2O2/c1-7(2)10(5-11(12,13)6-10)9(14)15-8(3)4/h7-8H,5-6H2,1-4H3. The number of carbonyl (C=O) groups excluding carboxylic acids is 1. The SMILES string of the molecule is CC(C)OC(=O)C1(C(C)C)CC(F)(F)C1. The number of ether oxygens (including phenoxy) is 1. The second-order valence-electron chi connectivity index (χ2n) is 4.97. The molecule has 0 amide bonds. The van der Waals surface area contributed by atoms with Gasteiger partial charge in [0.25, 0.3) is 0 Å². The van der Waals surface area contributed by atoms with Crippen LogP contribution in [-0.4, -0.2) is 18.0 Å². The maximum absolute atomic E-state index is 12.9. The molecule has 88 valence electrons. The van der Waals surface area contributed by atoms with Crippen molar-refractivity contribution < 1.29 is 18.3 Å². The van der Waals surface area contributed by atoms with Crippen molar-refractivity contribution in [3.05, 3.63) is 0 Å². The van der Waals surface area contributed by atoms with Crippen molar-refractivity contribution >= 4 is 5.97 Å². The van der Waals surface area contributed by atoms with Crippen molar-refractivity contribution in [2.75, 3.05) is 0 Å². The highest BCUT2D eigenvalue weighted by atomic mass is 19.3. The highest BCUT2D eigenvalue weighted by Gasteiger charge is 2.63. The minimum Gasteiger partial charge on any atom is -0.463 e. The van der Waals surface area contributed by atoms with Crippen molar-refractivity contribution in [1.82, 2.24) is 0 Å². The highest BCUT2D eigenvalue weighted by Crippen LogP contribution is 2.56. The Labute approximate surface area is 89.0 Å². The van der Waals surface area contributed by atoms with E-state index in [0.717, 1.165) is 0 Å². The Balaban J connectivity index is 2.73. The van der Waals surface area contributed by atoms with E-state index in [0.29, 0.717) is 0 Å². The van der Waals surface area contributed by atoms with E-state index in [-0.39, 0.29) is 24.9 Å². The van der Waals surface area contributed by atoms with Gasteiger partial charge >= 0.3 is 5.97 Å². The van der Waals surface area contributed by atoms with Gasteiger partial charge in [0.05, 0.1) is 11.5 Å². The van der Waals surface area contributed by atoms with Crippen LogP contribution in [0.2, 0.25) is 0 Å². The summed E-state index contributed by atoms with van der Waals surface area (Å²) in [4.78, 5) is 11.7. The lowest BCUT2D eigenvalue weighted by molar-refractivity contribution is -0.211. The average Bonchev–Trinajstić information content (AvgIpc) is 1.96. The van der Waals surface area contributed by atoms with Crippen LogP contribution >= 0.6 is 0 Å². The number of carbonyl (C=O) groups is 1. The van der Waals surface area contributed by atoms with Gasteiger partial charge < -0.3 is 4.74 Å². The molecule has 1 aliphatic rings. The molecule has 1 aliphatic carbocycles. The topological polar surface area (TPSA) is 26.3 Å².